The van der Waals surface area contributed by atoms with Crippen molar-refractivity contribution in [3.05, 3.63) is 96.1 Å². The van der Waals surface area contributed by atoms with E-state index in [2.05, 4.69) is 26.7 Å². The Morgan fingerprint density at radius 2 is 1.95 bits per heavy atom. The molecule has 3 heterocycles. The molecule has 0 saturated carbocycles. The van der Waals surface area contributed by atoms with Gasteiger partial charge in [-0.05, 0) is 71.8 Å². The van der Waals surface area contributed by atoms with Crippen LogP contribution in [-0.2, 0) is 13.7 Å². The Morgan fingerprint density at radius 1 is 1.10 bits per heavy atom. The van der Waals surface area contributed by atoms with Crippen LogP contribution < -0.4 is 10.2 Å². The fourth-order valence-corrected chi connectivity index (χ4v) is 5.33. The second-order valence-electron chi connectivity index (χ2n) is 10.1. The summed E-state index contributed by atoms with van der Waals surface area (Å²) in [7, 11) is 1.74. The van der Waals surface area contributed by atoms with Crippen molar-refractivity contribution >= 4 is 22.5 Å². The molecule has 40 heavy (non-hydrogen) atoms. The van der Waals surface area contributed by atoms with E-state index in [-0.39, 0.29) is 18.2 Å². The molecule has 0 bridgehead atoms. The molecular weight excluding hydrogens is 507 g/mol. The number of hydrogen-bond donors (Lipinski definition) is 2. The van der Waals surface area contributed by atoms with Gasteiger partial charge < -0.3 is 10.4 Å². The van der Waals surface area contributed by atoms with Crippen LogP contribution in [-0.4, -0.2) is 50.1 Å². The van der Waals surface area contributed by atoms with Crippen molar-refractivity contribution in [2.75, 3.05) is 18.0 Å². The van der Waals surface area contributed by atoms with Crippen LogP contribution in [0.4, 0.5) is 10.2 Å². The van der Waals surface area contributed by atoms with Gasteiger partial charge in [-0.2, -0.15) is 0 Å². The molecule has 202 valence electrons. The zero-order valence-corrected chi connectivity index (χ0v) is 22.1. The fraction of sp³-hybridized carbons (Fsp3) is 0.226. The fourth-order valence-electron chi connectivity index (χ4n) is 5.33. The predicted octanol–water partition coefficient (Wildman–Crippen LogP) is 4.73. The zero-order chi connectivity index (χ0) is 27.6. The molecule has 8 nitrogen and oxygen atoms in total. The van der Waals surface area contributed by atoms with Crippen molar-refractivity contribution < 1.29 is 14.3 Å². The second kappa shape index (κ2) is 11.0. The molecule has 0 radical (unpaired) electrons. The summed E-state index contributed by atoms with van der Waals surface area (Å²) in [6.45, 7) is 1.44. The number of pyridine rings is 1. The summed E-state index contributed by atoms with van der Waals surface area (Å²) < 4.78 is 17.0. The van der Waals surface area contributed by atoms with E-state index in [1.54, 1.807) is 35.1 Å². The second-order valence-corrected chi connectivity index (χ2v) is 10.1. The van der Waals surface area contributed by atoms with Gasteiger partial charge in [0.25, 0.3) is 5.91 Å². The number of anilines is 1. The minimum atomic E-state index is -0.617. The number of aliphatic hydroxyl groups excluding tert-OH is 1. The van der Waals surface area contributed by atoms with Gasteiger partial charge in [0, 0.05) is 30.7 Å². The molecule has 9 heteroatoms. The SMILES string of the molecule is Cn1cc(-c2ccc(C(=O)N(c3nccc4cc(-c5cccc(CO)c5)ccc34)[C@@H]3CCCNC3)c(F)c2)nn1. The molecule has 3 aromatic carbocycles. The standard InChI is InChI=1S/C31H29FN6O2/c1-37-18-29(35-36-37)24-8-10-27(28(32)16-24)31(40)38(25-6-3-12-33-17-25)30-26-9-7-22(15-23(26)11-13-34-30)21-5-2-4-20(14-21)19-39/h2,4-5,7-11,13-16,18,25,33,39H,3,6,12,17,19H2,1H3/t25-/m1/s1. The number of rotatable bonds is 6. The molecule has 2 N–H and O–H groups in total. The van der Waals surface area contributed by atoms with Crippen LogP contribution in [0, 0.1) is 5.82 Å². The zero-order valence-electron chi connectivity index (χ0n) is 22.1. The molecule has 1 saturated heterocycles. The largest absolute Gasteiger partial charge is 0.392 e. The van der Waals surface area contributed by atoms with E-state index in [1.165, 1.54) is 12.1 Å². The van der Waals surface area contributed by atoms with Crippen LogP contribution in [0.3, 0.4) is 0 Å². The van der Waals surface area contributed by atoms with Crippen molar-refractivity contribution in [1.82, 2.24) is 25.3 Å². The van der Waals surface area contributed by atoms with Gasteiger partial charge in [-0.25, -0.2) is 9.37 Å². The van der Waals surface area contributed by atoms with Crippen LogP contribution in [0.25, 0.3) is 33.2 Å². The maximum atomic E-state index is 15.5. The van der Waals surface area contributed by atoms with Gasteiger partial charge in [0.2, 0.25) is 0 Å². The maximum Gasteiger partial charge on any atom is 0.262 e. The van der Waals surface area contributed by atoms with Gasteiger partial charge in [-0.15, -0.1) is 5.10 Å². The molecule has 1 amide bonds. The summed E-state index contributed by atoms with van der Waals surface area (Å²) >= 11 is 0. The molecule has 1 fully saturated rings. The molecule has 2 aromatic heterocycles. The Kier molecular flexibility index (Phi) is 7.06. The number of halogens is 1. The highest BCUT2D eigenvalue weighted by Gasteiger charge is 2.31. The number of aromatic nitrogens is 4. The quantitative estimate of drug-likeness (QED) is 0.326. The van der Waals surface area contributed by atoms with Crippen LogP contribution in [0.15, 0.2) is 79.1 Å². The van der Waals surface area contributed by atoms with Crippen LogP contribution in [0.2, 0.25) is 0 Å². The van der Waals surface area contributed by atoms with E-state index in [0.29, 0.717) is 23.6 Å². The lowest BCUT2D eigenvalue weighted by Crippen LogP contribution is -2.49. The van der Waals surface area contributed by atoms with Crippen LogP contribution in [0.1, 0.15) is 28.8 Å². The normalized spacial score (nSPS) is 15.3. The summed E-state index contributed by atoms with van der Waals surface area (Å²) in [5.41, 5.74) is 3.87. The summed E-state index contributed by atoms with van der Waals surface area (Å²) in [5.74, 6) is -0.547. The van der Waals surface area contributed by atoms with Crippen molar-refractivity contribution in [3.63, 3.8) is 0 Å². The Labute approximate surface area is 231 Å². The third kappa shape index (κ3) is 4.97. The number of fused-ring (bicyclic) bond motifs is 1. The highest BCUT2D eigenvalue weighted by atomic mass is 19.1. The van der Waals surface area contributed by atoms with Gasteiger partial charge in [-0.1, -0.05) is 41.6 Å². The third-order valence-corrected chi connectivity index (χ3v) is 7.37. The third-order valence-electron chi connectivity index (χ3n) is 7.37. The average Bonchev–Trinajstić information content (AvgIpc) is 3.43. The number of aliphatic hydroxyl groups is 1. The highest BCUT2D eigenvalue weighted by Crippen LogP contribution is 2.33. The predicted molar refractivity (Wildman–Crippen MR) is 152 cm³/mol. The Bertz CT molecular complexity index is 1690. The Balaban J connectivity index is 1.41. The maximum absolute atomic E-state index is 15.5. The van der Waals surface area contributed by atoms with Gasteiger partial charge in [0.1, 0.15) is 17.3 Å². The van der Waals surface area contributed by atoms with Crippen molar-refractivity contribution in [3.8, 4) is 22.4 Å². The lowest BCUT2D eigenvalue weighted by atomic mass is 9.99. The average molecular weight is 537 g/mol. The summed E-state index contributed by atoms with van der Waals surface area (Å²) in [6.07, 6.45) is 5.07. The lowest BCUT2D eigenvalue weighted by molar-refractivity contribution is 0.0968. The van der Waals surface area contributed by atoms with E-state index in [0.717, 1.165) is 46.8 Å². The number of nitrogens with zero attached hydrogens (tertiary/aromatic N) is 5. The number of piperidine rings is 1. The Morgan fingerprint density at radius 3 is 2.70 bits per heavy atom. The lowest BCUT2D eigenvalue weighted by Gasteiger charge is -2.34. The molecule has 0 spiro atoms. The van der Waals surface area contributed by atoms with Crippen LogP contribution >= 0.6 is 0 Å². The van der Waals surface area contributed by atoms with E-state index < -0.39 is 11.7 Å². The van der Waals surface area contributed by atoms with E-state index in [9.17, 15) is 9.90 Å². The highest BCUT2D eigenvalue weighted by molar-refractivity contribution is 6.10. The summed E-state index contributed by atoms with van der Waals surface area (Å²) in [5, 5.41) is 22.6. The van der Waals surface area contributed by atoms with Gasteiger partial charge in [0.05, 0.1) is 24.4 Å². The van der Waals surface area contributed by atoms with E-state index in [4.69, 9.17) is 0 Å². The molecule has 5 aromatic rings. The minimum Gasteiger partial charge on any atom is -0.392 e. The van der Waals surface area contributed by atoms with Gasteiger partial charge in [-0.3, -0.25) is 14.4 Å². The number of hydrogen-bond acceptors (Lipinski definition) is 6. The van der Waals surface area contributed by atoms with E-state index >= 15 is 4.39 Å². The van der Waals surface area contributed by atoms with Crippen LogP contribution in [0.5, 0.6) is 0 Å². The molecule has 6 rings (SSSR count). The molecule has 1 atom stereocenters. The number of benzene rings is 3. The minimum absolute atomic E-state index is 0.0190. The molecule has 0 aliphatic carbocycles. The topological polar surface area (TPSA) is 96.2 Å². The Hall–Kier alpha value is -4.47. The summed E-state index contributed by atoms with van der Waals surface area (Å²) in [6, 6.07) is 20.0. The number of carbonyl (C=O) groups is 1. The smallest absolute Gasteiger partial charge is 0.262 e. The number of aryl methyl sites for hydroxylation is 1. The summed E-state index contributed by atoms with van der Waals surface area (Å²) in [4.78, 5) is 20.4. The molecule has 0 unspecified atom stereocenters. The van der Waals surface area contributed by atoms with E-state index in [1.807, 2.05) is 42.5 Å². The van der Waals surface area contributed by atoms with Gasteiger partial charge >= 0.3 is 0 Å². The molecule has 1 aliphatic heterocycles. The first-order valence-electron chi connectivity index (χ1n) is 13.3. The molecule has 1 aliphatic rings. The first-order chi connectivity index (χ1) is 19.5. The number of nitrogens with one attached hydrogen (secondary N) is 1. The number of amides is 1. The number of carbonyl (C=O) groups excluding carboxylic acids is 1. The monoisotopic (exact) mass is 536 g/mol. The van der Waals surface area contributed by atoms with Crippen molar-refractivity contribution in [2.24, 2.45) is 7.05 Å². The van der Waals surface area contributed by atoms with Crippen molar-refractivity contribution in [1.29, 1.82) is 0 Å². The van der Waals surface area contributed by atoms with Crippen molar-refractivity contribution in [2.45, 2.75) is 25.5 Å². The first-order valence-corrected chi connectivity index (χ1v) is 13.3. The molecular formula is C31H29FN6O2. The first kappa shape index (κ1) is 25.8. The van der Waals surface area contributed by atoms with Gasteiger partial charge in [0.15, 0.2) is 0 Å².